The molecule has 25 heavy (non-hydrogen) atoms. The van der Waals surface area contributed by atoms with Gasteiger partial charge in [-0.2, -0.15) is 0 Å². The molecule has 3 aromatic rings. The highest BCUT2D eigenvalue weighted by molar-refractivity contribution is 6.35. The Balaban J connectivity index is 1.69. The number of nitrogen functional groups attached to an aromatic ring is 1. The Bertz CT molecular complexity index is 924. The van der Waals surface area contributed by atoms with Crippen LogP contribution in [0.15, 0.2) is 48.8 Å². The first-order valence-electron chi connectivity index (χ1n) is 7.81. The first-order valence-corrected chi connectivity index (χ1v) is 8.56. The lowest BCUT2D eigenvalue weighted by Gasteiger charge is -2.21. The number of nitrogens with zero attached hydrogens (tertiary/aromatic N) is 3. The van der Waals surface area contributed by atoms with Crippen molar-refractivity contribution in [3.63, 3.8) is 0 Å². The zero-order chi connectivity index (χ0) is 17.4. The number of nitrogens with two attached hydrogens (primary N) is 1. The van der Waals surface area contributed by atoms with Gasteiger partial charge in [0.05, 0.1) is 0 Å². The smallest absolute Gasteiger partial charge is 0.161 e. The van der Waals surface area contributed by atoms with Crippen LogP contribution in [0.5, 0.6) is 0 Å². The number of aromatic nitrogens is 2. The molecule has 0 bridgehead atoms. The summed E-state index contributed by atoms with van der Waals surface area (Å²) in [5.74, 6) is 1.21. The van der Waals surface area contributed by atoms with Crippen LogP contribution in [-0.2, 0) is 6.42 Å². The van der Waals surface area contributed by atoms with Crippen molar-refractivity contribution in [1.29, 1.82) is 0 Å². The Morgan fingerprint density at radius 1 is 1.04 bits per heavy atom. The van der Waals surface area contributed by atoms with E-state index in [0.717, 1.165) is 24.3 Å². The molecule has 0 radical (unpaired) electrons. The van der Waals surface area contributed by atoms with Crippen LogP contribution in [0.3, 0.4) is 0 Å². The third-order valence-corrected chi connectivity index (χ3v) is 4.57. The van der Waals surface area contributed by atoms with Crippen LogP contribution in [0, 0.1) is 0 Å². The summed E-state index contributed by atoms with van der Waals surface area (Å²) in [6.45, 7) is 0.836. The van der Waals surface area contributed by atoms with E-state index in [4.69, 9.17) is 28.9 Å². The largest absolute Gasteiger partial charge is 0.393 e. The lowest BCUT2D eigenvalue weighted by Crippen LogP contribution is -2.17. The fourth-order valence-electron chi connectivity index (χ4n) is 3.02. The fourth-order valence-corrected chi connectivity index (χ4v) is 3.55. The summed E-state index contributed by atoms with van der Waals surface area (Å²) in [5, 5.41) is 4.25. The fraction of sp³-hybridized carbons (Fsp3) is 0.111. The highest BCUT2D eigenvalue weighted by Gasteiger charge is 2.24. The Labute approximate surface area is 155 Å². The molecule has 7 heteroatoms. The number of fused-ring (bicyclic) bond motifs is 1. The predicted octanol–water partition coefficient (Wildman–Crippen LogP) is 4.80. The van der Waals surface area contributed by atoms with Gasteiger partial charge in [0.2, 0.25) is 0 Å². The standard InChI is InChI=1S/C18H15Cl2N5/c19-12-7-13(20)9-14(8-12)24-17-16(21)18(23-10-22-17)25-6-5-11-3-1-2-4-15(11)25/h1-4,7-10H,5-6,21H2,(H,22,23,24). The second-order valence-electron chi connectivity index (χ2n) is 5.77. The molecule has 0 amide bonds. The van der Waals surface area contributed by atoms with Crippen molar-refractivity contribution < 1.29 is 0 Å². The molecule has 5 nitrogen and oxygen atoms in total. The quantitative estimate of drug-likeness (QED) is 0.691. The van der Waals surface area contributed by atoms with E-state index in [2.05, 4.69) is 32.3 Å². The van der Waals surface area contributed by atoms with E-state index < -0.39 is 0 Å². The Hall–Kier alpha value is -2.50. The minimum Gasteiger partial charge on any atom is -0.393 e. The zero-order valence-corrected chi connectivity index (χ0v) is 14.7. The van der Waals surface area contributed by atoms with Crippen molar-refractivity contribution in [2.45, 2.75) is 6.42 Å². The van der Waals surface area contributed by atoms with Gasteiger partial charge < -0.3 is 16.0 Å². The van der Waals surface area contributed by atoms with Crippen molar-refractivity contribution in [2.75, 3.05) is 22.5 Å². The SMILES string of the molecule is Nc1c(Nc2cc(Cl)cc(Cl)c2)ncnc1N1CCc2ccccc21. The summed E-state index contributed by atoms with van der Waals surface area (Å²) in [6, 6.07) is 13.5. The molecule has 0 fully saturated rings. The Morgan fingerprint density at radius 3 is 2.60 bits per heavy atom. The molecule has 0 unspecified atom stereocenters. The van der Waals surface area contributed by atoms with E-state index in [-0.39, 0.29) is 0 Å². The minimum atomic E-state index is 0.482. The highest BCUT2D eigenvalue weighted by atomic mass is 35.5. The van der Waals surface area contributed by atoms with Crippen molar-refractivity contribution in [1.82, 2.24) is 9.97 Å². The van der Waals surface area contributed by atoms with E-state index in [1.165, 1.54) is 11.9 Å². The molecule has 0 saturated carbocycles. The monoisotopic (exact) mass is 371 g/mol. The van der Waals surface area contributed by atoms with Crippen LogP contribution < -0.4 is 16.0 Å². The molecule has 0 spiro atoms. The van der Waals surface area contributed by atoms with Gasteiger partial charge in [0.1, 0.15) is 12.0 Å². The lowest BCUT2D eigenvalue weighted by atomic mass is 10.2. The van der Waals surface area contributed by atoms with Gasteiger partial charge in [-0.1, -0.05) is 41.4 Å². The molecule has 4 rings (SSSR count). The number of hydrogen-bond donors (Lipinski definition) is 2. The number of hydrogen-bond acceptors (Lipinski definition) is 5. The summed E-state index contributed by atoms with van der Waals surface area (Å²) in [5.41, 5.74) is 9.97. The van der Waals surface area contributed by atoms with Gasteiger partial charge in [0, 0.05) is 28.0 Å². The molecule has 2 heterocycles. The summed E-state index contributed by atoms with van der Waals surface area (Å²) >= 11 is 12.1. The van der Waals surface area contributed by atoms with Crippen LogP contribution in [0.25, 0.3) is 0 Å². The number of nitrogens with one attached hydrogen (secondary N) is 1. The van der Waals surface area contributed by atoms with Gasteiger partial charge in [0.25, 0.3) is 0 Å². The third kappa shape index (κ3) is 3.08. The van der Waals surface area contributed by atoms with Gasteiger partial charge in [0.15, 0.2) is 11.6 Å². The Morgan fingerprint density at radius 2 is 1.80 bits per heavy atom. The lowest BCUT2D eigenvalue weighted by molar-refractivity contribution is 0.967. The topological polar surface area (TPSA) is 67.1 Å². The maximum atomic E-state index is 6.35. The number of anilines is 5. The maximum absolute atomic E-state index is 6.35. The van der Waals surface area contributed by atoms with Gasteiger partial charge in [-0.05, 0) is 36.2 Å². The molecular weight excluding hydrogens is 357 g/mol. The summed E-state index contributed by atoms with van der Waals surface area (Å²) in [4.78, 5) is 10.8. The summed E-state index contributed by atoms with van der Waals surface area (Å²) in [6.07, 6.45) is 2.47. The molecule has 0 saturated heterocycles. The van der Waals surface area contributed by atoms with Gasteiger partial charge in [-0.15, -0.1) is 0 Å². The number of benzene rings is 2. The molecule has 1 aliphatic rings. The molecule has 0 aliphatic carbocycles. The second kappa shape index (κ2) is 6.43. The van der Waals surface area contributed by atoms with Crippen molar-refractivity contribution in [3.05, 3.63) is 64.4 Å². The van der Waals surface area contributed by atoms with E-state index in [0.29, 0.717) is 27.4 Å². The first-order chi connectivity index (χ1) is 12.1. The molecule has 3 N–H and O–H groups in total. The van der Waals surface area contributed by atoms with Crippen LogP contribution in [0.1, 0.15) is 5.56 Å². The first kappa shape index (κ1) is 16.0. The van der Waals surface area contributed by atoms with Crippen LogP contribution in [-0.4, -0.2) is 16.5 Å². The average Bonchev–Trinajstić information content (AvgIpc) is 3.00. The van der Waals surface area contributed by atoms with E-state index in [9.17, 15) is 0 Å². The molecule has 1 aliphatic heterocycles. The molecule has 1 aromatic heterocycles. The van der Waals surface area contributed by atoms with Gasteiger partial charge >= 0.3 is 0 Å². The molecule has 126 valence electrons. The van der Waals surface area contributed by atoms with Gasteiger partial charge in [-0.25, -0.2) is 9.97 Å². The molecule has 0 atom stereocenters. The Kier molecular flexibility index (Phi) is 4.11. The van der Waals surface area contributed by atoms with Crippen LogP contribution in [0.2, 0.25) is 10.0 Å². The van der Waals surface area contributed by atoms with Crippen LogP contribution in [0.4, 0.5) is 28.7 Å². The summed E-state index contributed by atoms with van der Waals surface area (Å²) < 4.78 is 0. The second-order valence-corrected chi connectivity index (χ2v) is 6.65. The number of halogens is 2. The number of para-hydroxylation sites is 1. The predicted molar refractivity (Wildman–Crippen MR) is 103 cm³/mol. The van der Waals surface area contributed by atoms with Crippen LogP contribution >= 0.6 is 23.2 Å². The van der Waals surface area contributed by atoms with E-state index >= 15 is 0 Å². The van der Waals surface area contributed by atoms with E-state index in [1.807, 2.05) is 12.1 Å². The van der Waals surface area contributed by atoms with Crippen molar-refractivity contribution in [2.24, 2.45) is 0 Å². The number of rotatable bonds is 3. The minimum absolute atomic E-state index is 0.482. The third-order valence-electron chi connectivity index (χ3n) is 4.13. The van der Waals surface area contributed by atoms with E-state index in [1.54, 1.807) is 18.2 Å². The van der Waals surface area contributed by atoms with Crippen molar-refractivity contribution >= 4 is 51.9 Å². The zero-order valence-electron chi connectivity index (χ0n) is 13.2. The molecule has 2 aromatic carbocycles. The molecular formula is C18H15Cl2N5. The summed E-state index contributed by atoms with van der Waals surface area (Å²) in [7, 11) is 0. The maximum Gasteiger partial charge on any atom is 0.161 e. The normalized spacial score (nSPS) is 13.0. The average molecular weight is 372 g/mol. The van der Waals surface area contributed by atoms with Crippen molar-refractivity contribution in [3.8, 4) is 0 Å². The van der Waals surface area contributed by atoms with Gasteiger partial charge in [-0.3, -0.25) is 0 Å². The highest BCUT2D eigenvalue weighted by Crippen LogP contribution is 2.38.